The number of hydrogen-bond acceptors (Lipinski definition) is 4. The number of pyridine rings is 1. The zero-order valence-corrected chi connectivity index (χ0v) is 15.2. The van der Waals surface area contributed by atoms with E-state index in [9.17, 15) is 0 Å². The van der Waals surface area contributed by atoms with Gasteiger partial charge in [0.05, 0.1) is 12.0 Å². The van der Waals surface area contributed by atoms with Crippen molar-refractivity contribution in [1.82, 2.24) is 10.3 Å². The third-order valence-corrected chi connectivity index (χ3v) is 4.84. The summed E-state index contributed by atoms with van der Waals surface area (Å²) in [5, 5.41) is 5.61. The Labute approximate surface area is 163 Å². The largest absolute Gasteiger partial charge is 0.331 e. The van der Waals surface area contributed by atoms with Gasteiger partial charge in [-0.05, 0) is 40.6 Å². The van der Waals surface area contributed by atoms with Crippen LogP contribution in [0.2, 0.25) is 0 Å². The Morgan fingerprint density at radius 2 is 1.61 bits per heavy atom. The second-order valence-corrected chi connectivity index (χ2v) is 6.68. The van der Waals surface area contributed by atoms with E-state index in [0.29, 0.717) is 0 Å². The highest BCUT2D eigenvalue weighted by Crippen LogP contribution is 2.26. The second-order valence-electron chi connectivity index (χ2n) is 6.68. The Morgan fingerprint density at radius 1 is 0.714 bits per heavy atom. The first-order valence-corrected chi connectivity index (χ1v) is 9.23. The Bertz CT molecular complexity index is 1200. The lowest BCUT2D eigenvalue weighted by Gasteiger charge is -2.17. The summed E-state index contributed by atoms with van der Waals surface area (Å²) < 4.78 is 0. The average molecular weight is 362 g/mol. The Kier molecular flexibility index (Phi) is 4.14. The molecule has 28 heavy (non-hydrogen) atoms. The maximum absolute atomic E-state index is 4.85. The summed E-state index contributed by atoms with van der Waals surface area (Å²) in [6.45, 7) is 0. The van der Waals surface area contributed by atoms with Crippen LogP contribution >= 0.6 is 0 Å². The van der Waals surface area contributed by atoms with Crippen LogP contribution in [0, 0.1) is 0 Å². The topological polar surface area (TPSA) is 49.6 Å². The van der Waals surface area contributed by atoms with Gasteiger partial charge in [-0.1, -0.05) is 60.7 Å². The number of amidine groups is 1. The maximum Gasteiger partial charge on any atom is 0.169 e. The molecule has 4 heteroatoms. The van der Waals surface area contributed by atoms with Gasteiger partial charge in [-0.2, -0.15) is 0 Å². The van der Waals surface area contributed by atoms with E-state index in [4.69, 9.17) is 4.99 Å². The highest BCUT2D eigenvalue weighted by Gasteiger charge is 2.15. The van der Waals surface area contributed by atoms with Gasteiger partial charge in [-0.25, -0.2) is 9.98 Å². The van der Waals surface area contributed by atoms with Crippen LogP contribution in [0.4, 0.5) is 0 Å². The van der Waals surface area contributed by atoms with Crippen LogP contribution in [0.5, 0.6) is 0 Å². The Morgan fingerprint density at radius 3 is 2.50 bits per heavy atom. The fourth-order valence-corrected chi connectivity index (χ4v) is 3.41. The summed E-state index contributed by atoms with van der Waals surface area (Å²) in [5.74, 6) is 0.828. The molecule has 0 fully saturated rings. The van der Waals surface area contributed by atoms with Gasteiger partial charge in [0, 0.05) is 17.3 Å². The standard InChI is InChI=1S/C24H18N4/c1-2-7-18-14-21(12-11-17(18)6-1)24-27-16-26-23(28-24)20-9-5-8-19(15-20)22-10-3-4-13-25-22/h1-16,23H,(H,26,27,28). The van der Waals surface area contributed by atoms with Gasteiger partial charge in [0.15, 0.2) is 6.17 Å². The molecule has 4 aromatic rings. The number of aliphatic imine (C=N–C) groups is 2. The third kappa shape index (κ3) is 3.16. The number of nitrogens with one attached hydrogen (secondary N) is 1. The van der Waals surface area contributed by atoms with Gasteiger partial charge >= 0.3 is 0 Å². The van der Waals surface area contributed by atoms with E-state index in [1.807, 2.05) is 24.3 Å². The van der Waals surface area contributed by atoms with Gasteiger partial charge in [-0.15, -0.1) is 0 Å². The normalized spacial score (nSPS) is 15.9. The third-order valence-electron chi connectivity index (χ3n) is 4.84. The molecular weight excluding hydrogens is 344 g/mol. The van der Waals surface area contributed by atoms with E-state index in [2.05, 4.69) is 76.0 Å². The molecule has 5 rings (SSSR count). The molecule has 2 heterocycles. The van der Waals surface area contributed by atoms with E-state index in [1.54, 1.807) is 12.5 Å². The molecule has 4 nitrogen and oxygen atoms in total. The molecule has 1 atom stereocenters. The molecule has 1 aliphatic heterocycles. The Balaban J connectivity index is 1.50. The quantitative estimate of drug-likeness (QED) is 0.559. The maximum atomic E-state index is 4.85. The number of aromatic nitrogens is 1. The molecule has 0 aliphatic carbocycles. The number of nitrogens with zero attached hydrogens (tertiary/aromatic N) is 3. The fourth-order valence-electron chi connectivity index (χ4n) is 3.41. The summed E-state index contributed by atoms with van der Waals surface area (Å²) in [5.41, 5.74) is 4.10. The van der Waals surface area contributed by atoms with Gasteiger partial charge in [0.2, 0.25) is 0 Å². The van der Waals surface area contributed by atoms with Crippen molar-refractivity contribution in [2.75, 3.05) is 0 Å². The first kappa shape index (κ1) is 16.4. The minimum absolute atomic E-state index is 0.272. The number of fused-ring (bicyclic) bond motifs is 1. The average Bonchev–Trinajstić information content (AvgIpc) is 2.79. The van der Waals surface area contributed by atoms with Gasteiger partial charge in [0.1, 0.15) is 5.84 Å². The summed E-state index contributed by atoms with van der Waals surface area (Å²) in [4.78, 5) is 13.8. The fraction of sp³-hybridized carbons (Fsp3) is 0.0417. The predicted octanol–water partition coefficient (Wildman–Crippen LogP) is 4.98. The first-order chi connectivity index (χ1) is 13.9. The summed E-state index contributed by atoms with van der Waals surface area (Å²) in [6.07, 6.45) is 3.27. The van der Waals surface area contributed by atoms with Crippen molar-refractivity contribution in [3.63, 3.8) is 0 Å². The van der Waals surface area contributed by atoms with Crippen LogP contribution in [-0.2, 0) is 0 Å². The smallest absolute Gasteiger partial charge is 0.169 e. The van der Waals surface area contributed by atoms with E-state index < -0.39 is 0 Å². The second kappa shape index (κ2) is 7.08. The van der Waals surface area contributed by atoms with Crippen LogP contribution < -0.4 is 5.32 Å². The van der Waals surface area contributed by atoms with Crippen molar-refractivity contribution >= 4 is 22.9 Å². The molecule has 0 spiro atoms. The van der Waals surface area contributed by atoms with E-state index in [-0.39, 0.29) is 6.17 Å². The molecular formula is C24H18N4. The van der Waals surface area contributed by atoms with Crippen LogP contribution in [0.3, 0.4) is 0 Å². The summed E-state index contributed by atoms with van der Waals surface area (Å²) in [7, 11) is 0. The van der Waals surface area contributed by atoms with Gasteiger partial charge in [0.25, 0.3) is 0 Å². The molecule has 0 radical (unpaired) electrons. The van der Waals surface area contributed by atoms with Crippen LogP contribution in [0.25, 0.3) is 22.0 Å². The van der Waals surface area contributed by atoms with Crippen LogP contribution in [-0.4, -0.2) is 17.2 Å². The minimum Gasteiger partial charge on any atom is -0.331 e. The SMILES string of the molecule is C1=NC(c2cccc(-c3ccccn3)c2)N=C(c2ccc3ccccc3c2)N1. The first-order valence-electron chi connectivity index (χ1n) is 9.23. The molecule has 0 amide bonds. The van der Waals surface area contributed by atoms with Gasteiger partial charge < -0.3 is 5.32 Å². The van der Waals surface area contributed by atoms with Crippen molar-refractivity contribution < 1.29 is 0 Å². The number of hydrogen-bond donors (Lipinski definition) is 1. The predicted molar refractivity (Wildman–Crippen MR) is 115 cm³/mol. The summed E-state index contributed by atoms with van der Waals surface area (Å²) >= 11 is 0. The lowest BCUT2D eigenvalue weighted by Crippen LogP contribution is -2.27. The molecule has 1 N–H and O–H groups in total. The van der Waals surface area contributed by atoms with Crippen LogP contribution in [0.15, 0.2) is 101 Å². The number of benzene rings is 3. The minimum atomic E-state index is -0.272. The van der Waals surface area contributed by atoms with E-state index in [1.165, 1.54) is 10.8 Å². The van der Waals surface area contributed by atoms with E-state index >= 15 is 0 Å². The molecule has 1 aromatic heterocycles. The zero-order valence-electron chi connectivity index (χ0n) is 15.2. The molecule has 134 valence electrons. The molecule has 1 aliphatic rings. The van der Waals surface area contributed by atoms with Crippen molar-refractivity contribution in [2.24, 2.45) is 9.98 Å². The Hall–Kier alpha value is -3.79. The molecule has 0 bridgehead atoms. The van der Waals surface area contributed by atoms with Crippen LogP contribution in [0.1, 0.15) is 17.3 Å². The zero-order chi connectivity index (χ0) is 18.8. The molecule has 3 aromatic carbocycles. The number of rotatable bonds is 3. The highest BCUT2D eigenvalue weighted by molar-refractivity contribution is 6.07. The molecule has 0 saturated heterocycles. The molecule has 1 unspecified atom stereocenters. The summed E-state index contributed by atoms with van der Waals surface area (Å²) in [6, 6.07) is 28.9. The highest BCUT2D eigenvalue weighted by atomic mass is 15.2. The van der Waals surface area contributed by atoms with Crippen molar-refractivity contribution in [2.45, 2.75) is 6.17 Å². The van der Waals surface area contributed by atoms with E-state index in [0.717, 1.165) is 28.2 Å². The lowest BCUT2D eigenvalue weighted by molar-refractivity contribution is 0.763. The molecule has 0 saturated carbocycles. The van der Waals surface area contributed by atoms with Crippen molar-refractivity contribution in [1.29, 1.82) is 0 Å². The monoisotopic (exact) mass is 362 g/mol. The lowest BCUT2D eigenvalue weighted by atomic mass is 10.0. The van der Waals surface area contributed by atoms with Crippen molar-refractivity contribution in [3.8, 4) is 11.3 Å². The van der Waals surface area contributed by atoms with Gasteiger partial charge in [-0.3, -0.25) is 4.98 Å². The van der Waals surface area contributed by atoms with Crippen molar-refractivity contribution in [3.05, 3.63) is 102 Å².